The average Bonchev–Trinajstić information content (AvgIpc) is 3.76. The minimum Gasteiger partial charge on any atom is -0.455 e. The lowest BCUT2D eigenvalue weighted by Gasteiger charge is -2.24. The molecule has 3 aliphatic rings. The van der Waals surface area contributed by atoms with Gasteiger partial charge in [-0.1, -0.05) is 96.8 Å². The highest BCUT2D eigenvalue weighted by Crippen LogP contribution is 2.34. The van der Waals surface area contributed by atoms with E-state index in [0.717, 1.165) is 95.5 Å². The molecule has 1 unspecified atom stereocenters. The zero-order chi connectivity index (χ0) is 31.6. The van der Waals surface area contributed by atoms with Gasteiger partial charge in [0.15, 0.2) is 0 Å². The van der Waals surface area contributed by atoms with Crippen LogP contribution in [0.15, 0.2) is 11.6 Å². The number of unbranched alkanes of at least 4 members (excludes halogenated alkanes) is 12. The van der Waals surface area contributed by atoms with Crippen molar-refractivity contribution in [2.45, 2.75) is 217 Å². The molecule has 0 aliphatic carbocycles. The van der Waals surface area contributed by atoms with Crippen LogP contribution in [0.1, 0.15) is 168 Å². The number of rotatable bonds is 25. The van der Waals surface area contributed by atoms with Crippen LogP contribution in [-0.2, 0) is 19.0 Å². The molecule has 0 bridgehead atoms. The van der Waals surface area contributed by atoms with E-state index in [1.54, 1.807) is 0 Å². The lowest BCUT2D eigenvalue weighted by atomic mass is 10.00. The molecule has 0 aromatic rings. The van der Waals surface area contributed by atoms with Gasteiger partial charge in [-0.3, -0.25) is 0 Å². The molecule has 7 nitrogen and oxygen atoms in total. The van der Waals surface area contributed by atoms with Gasteiger partial charge in [0.05, 0.1) is 42.7 Å². The minimum absolute atomic E-state index is 0.0274. The topological polar surface area (TPSA) is 105 Å². The molecule has 0 saturated carbocycles. The molecule has 2 saturated heterocycles. The van der Waals surface area contributed by atoms with Gasteiger partial charge in [0.25, 0.3) is 0 Å². The van der Waals surface area contributed by atoms with E-state index in [1.807, 2.05) is 13.0 Å². The monoisotopic (exact) mass is 622 g/mol. The summed E-state index contributed by atoms with van der Waals surface area (Å²) in [7, 11) is 0. The predicted octanol–water partition coefficient (Wildman–Crippen LogP) is 7.86. The Morgan fingerprint density at radius 3 is 1.61 bits per heavy atom. The average molecular weight is 623 g/mol. The molecule has 0 radical (unpaired) electrons. The van der Waals surface area contributed by atoms with Gasteiger partial charge < -0.3 is 29.5 Å². The van der Waals surface area contributed by atoms with Crippen molar-refractivity contribution in [2.24, 2.45) is 0 Å². The fourth-order valence-electron chi connectivity index (χ4n) is 7.27. The first kappa shape index (κ1) is 37.5. The maximum absolute atomic E-state index is 11.6. The van der Waals surface area contributed by atoms with Crippen molar-refractivity contribution in [3.05, 3.63) is 11.6 Å². The highest BCUT2D eigenvalue weighted by atomic mass is 16.6. The van der Waals surface area contributed by atoms with Crippen LogP contribution in [0.2, 0.25) is 0 Å². The van der Waals surface area contributed by atoms with Gasteiger partial charge in [-0.2, -0.15) is 0 Å². The van der Waals surface area contributed by atoms with E-state index in [2.05, 4.69) is 6.92 Å². The maximum Gasteiger partial charge on any atom is 0.334 e. The van der Waals surface area contributed by atoms with Crippen LogP contribution >= 0.6 is 0 Å². The van der Waals surface area contributed by atoms with Crippen molar-refractivity contribution < 1.29 is 34.3 Å². The van der Waals surface area contributed by atoms with Crippen molar-refractivity contribution in [2.75, 3.05) is 0 Å². The number of esters is 1. The standard InChI is InChI=1S/C37H66O7/c1-3-4-13-19-30(38)20-16-17-22-32(40)34-24-26-36(44-34)35-25-23-33(43-35)31(39)21-15-12-10-8-6-5-7-9-11-14-18-29-27-28(2)42-37(29)41/h27-28,30-36,38-40H,3-26H2,1-2H3/t28-,30?,31-,32-,33-,34+,35-,36-/m0/s1. The number of carbonyl (C=O) groups is 1. The molecule has 3 heterocycles. The number of aliphatic hydroxyl groups is 3. The highest BCUT2D eigenvalue weighted by Gasteiger charge is 2.40. The smallest absolute Gasteiger partial charge is 0.334 e. The third kappa shape index (κ3) is 14.2. The summed E-state index contributed by atoms with van der Waals surface area (Å²) in [6.07, 6.45) is 25.8. The fraction of sp³-hybridized carbons (Fsp3) is 0.919. The van der Waals surface area contributed by atoms with Gasteiger partial charge in [-0.25, -0.2) is 4.79 Å². The third-order valence-electron chi connectivity index (χ3n) is 10.1. The van der Waals surface area contributed by atoms with Crippen molar-refractivity contribution in [3.8, 4) is 0 Å². The number of ether oxygens (including phenoxy) is 3. The Balaban J connectivity index is 1.13. The SMILES string of the molecule is CCCCCC(O)CCCC[C@H](O)[C@H]1CC[C@@H]([C@@H]2CC[C@@H]([C@@H](O)CCCCCCCCCCCCC3=C[C@H](C)OC3=O)O2)O1. The van der Waals surface area contributed by atoms with Crippen LogP contribution in [0.5, 0.6) is 0 Å². The van der Waals surface area contributed by atoms with E-state index >= 15 is 0 Å². The molecular weight excluding hydrogens is 556 g/mol. The Morgan fingerprint density at radius 2 is 1.11 bits per heavy atom. The van der Waals surface area contributed by atoms with Crippen LogP contribution in [0, 0.1) is 0 Å². The quantitative estimate of drug-likeness (QED) is 0.0703. The van der Waals surface area contributed by atoms with E-state index in [1.165, 1.54) is 64.2 Å². The molecule has 2 fully saturated rings. The summed E-state index contributed by atoms with van der Waals surface area (Å²) in [5.41, 5.74) is 0.863. The van der Waals surface area contributed by atoms with Crippen LogP contribution in [0.25, 0.3) is 0 Å². The highest BCUT2D eigenvalue weighted by molar-refractivity contribution is 5.90. The molecule has 0 aromatic carbocycles. The van der Waals surface area contributed by atoms with E-state index in [0.29, 0.717) is 0 Å². The fourth-order valence-corrected chi connectivity index (χ4v) is 7.27. The first-order valence-corrected chi connectivity index (χ1v) is 18.6. The number of hydrogen-bond donors (Lipinski definition) is 3. The molecule has 256 valence electrons. The van der Waals surface area contributed by atoms with E-state index in [4.69, 9.17) is 14.2 Å². The summed E-state index contributed by atoms with van der Waals surface area (Å²) < 4.78 is 17.7. The van der Waals surface area contributed by atoms with E-state index in [-0.39, 0.29) is 42.6 Å². The first-order chi connectivity index (χ1) is 21.4. The number of cyclic esters (lactones) is 1. The Bertz CT molecular complexity index is 801. The molecular formula is C37H66O7. The Hall–Kier alpha value is -0.990. The minimum atomic E-state index is -0.447. The largest absolute Gasteiger partial charge is 0.455 e. The van der Waals surface area contributed by atoms with Gasteiger partial charge in [0.2, 0.25) is 0 Å². The summed E-state index contributed by atoms with van der Waals surface area (Å²) in [6.45, 7) is 4.09. The van der Waals surface area contributed by atoms with E-state index < -0.39 is 12.2 Å². The molecule has 0 aromatic heterocycles. The van der Waals surface area contributed by atoms with Crippen molar-refractivity contribution in [3.63, 3.8) is 0 Å². The molecule has 7 heteroatoms. The molecule has 3 rings (SSSR count). The van der Waals surface area contributed by atoms with Crippen LogP contribution < -0.4 is 0 Å². The zero-order valence-electron chi connectivity index (χ0n) is 28.1. The summed E-state index contributed by atoms with van der Waals surface area (Å²) in [4.78, 5) is 11.6. The second kappa shape index (κ2) is 21.7. The predicted molar refractivity (Wildman–Crippen MR) is 175 cm³/mol. The van der Waals surface area contributed by atoms with Gasteiger partial charge in [-0.15, -0.1) is 0 Å². The zero-order valence-corrected chi connectivity index (χ0v) is 28.1. The van der Waals surface area contributed by atoms with Crippen LogP contribution in [0.3, 0.4) is 0 Å². The molecule has 3 aliphatic heterocycles. The van der Waals surface area contributed by atoms with E-state index in [9.17, 15) is 20.1 Å². The normalized spacial score (nSPS) is 27.4. The first-order valence-electron chi connectivity index (χ1n) is 18.6. The lowest BCUT2D eigenvalue weighted by molar-refractivity contribution is -0.139. The second-order valence-corrected chi connectivity index (χ2v) is 14.0. The molecule has 0 amide bonds. The van der Waals surface area contributed by atoms with Gasteiger partial charge >= 0.3 is 5.97 Å². The molecule has 3 N–H and O–H groups in total. The summed E-state index contributed by atoms with van der Waals surface area (Å²) in [5, 5.41) is 31.5. The number of hydrogen-bond acceptors (Lipinski definition) is 7. The second-order valence-electron chi connectivity index (χ2n) is 14.0. The van der Waals surface area contributed by atoms with Crippen LogP contribution in [0.4, 0.5) is 0 Å². The van der Waals surface area contributed by atoms with Crippen molar-refractivity contribution in [1.29, 1.82) is 0 Å². The van der Waals surface area contributed by atoms with Gasteiger partial charge in [0.1, 0.15) is 6.10 Å². The summed E-state index contributed by atoms with van der Waals surface area (Å²) in [6, 6.07) is 0. The van der Waals surface area contributed by atoms with Crippen molar-refractivity contribution >= 4 is 5.97 Å². The Morgan fingerprint density at radius 1 is 0.659 bits per heavy atom. The number of carbonyl (C=O) groups excluding carboxylic acids is 1. The summed E-state index contributed by atoms with van der Waals surface area (Å²) >= 11 is 0. The molecule has 0 spiro atoms. The Labute approximate surface area is 268 Å². The Kier molecular flexibility index (Phi) is 18.5. The van der Waals surface area contributed by atoms with Crippen LogP contribution in [-0.4, -0.2) is 70.1 Å². The summed E-state index contributed by atoms with van der Waals surface area (Å²) in [5.74, 6) is -0.123. The third-order valence-corrected chi connectivity index (χ3v) is 10.1. The maximum atomic E-state index is 11.6. The number of aliphatic hydroxyl groups excluding tert-OH is 3. The lowest BCUT2D eigenvalue weighted by Crippen LogP contribution is -2.33. The van der Waals surface area contributed by atoms with Crippen molar-refractivity contribution in [1.82, 2.24) is 0 Å². The van der Waals surface area contributed by atoms with Gasteiger partial charge in [-0.05, 0) is 77.2 Å². The van der Waals surface area contributed by atoms with Gasteiger partial charge in [0, 0.05) is 5.57 Å². The molecule has 8 atom stereocenters. The molecule has 44 heavy (non-hydrogen) atoms.